The Bertz CT molecular complexity index is 651. The van der Waals surface area contributed by atoms with E-state index < -0.39 is 0 Å². The number of aromatic amines is 1. The molecule has 0 aliphatic heterocycles. The van der Waals surface area contributed by atoms with Gasteiger partial charge in [0.15, 0.2) is 0 Å². The largest absolute Gasteiger partial charge is 0.360 e. The summed E-state index contributed by atoms with van der Waals surface area (Å²) in [5.41, 5.74) is 2.97. The number of H-pyrrole nitrogens is 1. The van der Waals surface area contributed by atoms with Crippen LogP contribution in [0.1, 0.15) is 67.3 Å². The first-order valence-corrected chi connectivity index (χ1v) is 9.10. The van der Waals surface area contributed by atoms with Gasteiger partial charge in [-0.05, 0) is 37.8 Å². The van der Waals surface area contributed by atoms with Gasteiger partial charge < -0.3 is 10.3 Å². The molecular formula is C20H28N2O. The average Bonchev–Trinajstić information content (AvgIpc) is 2.78. The van der Waals surface area contributed by atoms with Gasteiger partial charge in [0.05, 0.1) is 5.56 Å². The maximum Gasteiger partial charge on any atom is 0.253 e. The summed E-state index contributed by atoms with van der Waals surface area (Å²) in [5.74, 6) is 0.924. The molecule has 3 heteroatoms. The maximum absolute atomic E-state index is 12.4. The van der Waals surface area contributed by atoms with Crippen LogP contribution in [0.3, 0.4) is 0 Å². The molecule has 2 aromatic rings. The summed E-state index contributed by atoms with van der Waals surface area (Å²) in [7, 11) is 0. The summed E-state index contributed by atoms with van der Waals surface area (Å²) in [6.07, 6.45) is 12.6. The van der Waals surface area contributed by atoms with Crippen LogP contribution in [0.4, 0.5) is 0 Å². The van der Waals surface area contributed by atoms with Crippen LogP contribution in [0.5, 0.6) is 0 Å². The summed E-state index contributed by atoms with van der Waals surface area (Å²) in [4.78, 5) is 15.6. The van der Waals surface area contributed by atoms with Gasteiger partial charge in [-0.3, -0.25) is 4.79 Å². The zero-order valence-electron chi connectivity index (χ0n) is 14.2. The van der Waals surface area contributed by atoms with E-state index in [9.17, 15) is 4.79 Å². The Kier molecular flexibility index (Phi) is 5.37. The van der Waals surface area contributed by atoms with Gasteiger partial charge in [0.2, 0.25) is 0 Å². The zero-order chi connectivity index (χ0) is 16.1. The molecule has 0 bridgehead atoms. The molecule has 3 nitrogen and oxygen atoms in total. The standard InChI is InChI=1S/C20H28N2O/c1-15-10-11-19-17(13-15)18(14-22-19)20(23)21-12-6-9-16-7-4-2-3-5-8-16/h10-11,13-14,16,22H,2-9,12H2,1H3,(H,21,23). The minimum Gasteiger partial charge on any atom is -0.360 e. The monoisotopic (exact) mass is 312 g/mol. The van der Waals surface area contributed by atoms with Gasteiger partial charge in [0.1, 0.15) is 0 Å². The quantitative estimate of drug-likeness (QED) is 0.595. The number of nitrogens with one attached hydrogen (secondary N) is 2. The minimum atomic E-state index is 0.0442. The number of amides is 1. The lowest BCUT2D eigenvalue weighted by molar-refractivity contribution is 0.0954. The van der Waals surface area contributed by atoms with Crippen molar-refractivity contribution < 1.29 is 4.79 Å². The third-order valence-corrected chi connectivity index (χ3v) is 5.13. The van der Waals surface area contributed by atoms with Gasteiger partial charge in [-0.1, -0.05) is 50.2 Å². The van der Waals surface area contributed by atoms with Crippen LogP contribution in [0.2, 0.25) is 0 Å². The Balaban J connectivity index is 1.49. The molecule has 1 fully saturated rings. The fourth-order valence-corrected chi connectivity index (χ4v) is 3.76. The Hall–Kier alpha value is -1.77. The van der Waals surface area contributed by atoms with Crippen LogP contribution >= 0.6 is 0 Å². The lowest BCUT2D eigenvalue weighted by Crippen LogP contribution is -2.24. The summed E-state index contributed by atoms with van der Waals surface area (Å²) in [6.45, 7) is 2.84. The highest BCUT2D eigenvalue weighted by Gasteiger charge is 2.14. The Morgan fingerprint density at radius 3 is 2.78 bits per heavy atom. The first-order valence-electron chi connectivity index (χ1n) is 9.10. The Morgan fingerprint density at radius 2 is 2.00 bits per heavy atom. The second-order valence-electron chi connectivity index (χ2n) is 7.01. The van der Waals surface area contributed by atoms with Crippen LogP contribution in [0, 0.1) is 12.8 Å². The SMILES string of the molecule is Cc1ccc2[nH]cc(C(=O)NCCCC3CCCCCC3)c2c1. The van der Waals surface area contributed by atoms with E-state index in [2.05, 4.69) is 29.4 Å². The number of fused-ring (bicyclic) bond motifs is 1. The number of carbonyl (C=O) groups excluding carboxylic acids is 1. The van der Waals surface area contributed by atoms with Gasteiger partial charge in [-0.2, -0.15) is 0 Å². The average molecular weight is 312 g/mol. The van der Waals surface area contributed by atoms with Crippen LogP contribution in [0.15, 0.2) is 24.4 Å². The molecule has 1 aromatic carbocycles. The molecule has 1 aliphatic rings. The fourth-order valence-electron chi connectivity index (χ4n) is 3.76. The van der Waals surface area contributed by atoms with E-state index in [1.165, 1.54) is 50.5 Å². The van der Waals surface area contributed by atoms with E-state index in [-0.39, 0.29) is 5.91 Å². The number of hydrogen-bond donors (Lipinski definition) is 2. The van der Waals surface area contributed by atoms with Crippen LogP contribution in [-0.2, 0) is 0 Å². The maximum atomic E-state index is 12.4. The third kappa shape index (κ3) is 4.15. The van der Waals surface area contributed by atoms with Crippen molar-refractivity contribution in [3.05, 3.63) is 35.5 Å². The van der Waals surface area contributed by atoms with Gasteiger partial charge in [-0.15, -0.1) is 0 Å². The van der Waals surface area contributed by atoms with E-state index >= 15 is 0 Å². The number of aromatic nitrogens is 1. The van der Waals surface area contributed by atoms with E-state index in [1.807, 2.05) is 12.3 Å². The number of rotatable bonds is 5. The number of carbonyl (C=O) groups is 1. The Morgan fingerprint density at radius 1 is 1.22 bits per heavy atom. The predicted molar refractivity (Wildman–Crippen MR) is 95.8 cm³/mol. The Labute approximate surface area is 138 Å². The molecular weight excluding hydrogens is 284 g/mol. The smallest absolute Gasteiger partial charge is 0.253 e. The van der Waals surface area contributed by atoms with Crippen LogP contribution in [0.25, 0.3) is 10.9 Å². The topological polar surface area (TPSA) is 44.9 Å². The van der Waals surface area contributed by atoms with E-state index in [1.54, 1.807) is 0 Å². The molecule has 1 amide bonds. The van der Waals surface area contributed by atoms with Crippen molar-refractivity contribution in [1.29, 1.82) is 0 Å². The predicted octanol–water partition coefficient (Wildman–Crippen LogP) is 4.96. The summed E-state index contributed by atoms with van der Waals surface area (Å²) < 4.78 is 0. The second-order valence-corrected chi connectivity index (χ2v) is 7.01. The van der Waals surface area contributed by atoms with Gasteiger partial charge in [-0.25, -0.2) is 0 Å². The summed E-state index contributed by atoms with van der Waals surface area (Å²) in [5, 5.41) is 4.11. The van der Waals surface area contributed by atoms with Gasteiger partial charge >= 0.3 is 0 Å². The molecule has 23 heavy (non-hydrogen) atoms. The highest BCUT2D eigenvalue weighted by molar-refractivity contribution is 6.06. The highest BCUT2D eigenvalue weighted by atomic mass is 16.1. The normalized spacial score (nSPS) is 16.4. The lowest BCUT2D eigenvalue weighted by Gasteiger charge is -2.13. The van der Waals surface area contributed by atoms with Crippen molar-refractivity contribution in [1.82, 2.24) is 10.3 Å². The molecule has 1 saturated carbocycles. The van der Waals surface area contributed by atoms with Crippen molar-refractivity contribution in [2.45, 2.75) is 58.3 Å². The molecule has 0 saturated heterocycles. The van der Waals surface area contributed by atoms with Crippen molar-refractivity contribution in [2.24, 2.45) is 5.92 Å². The number of aryl methyl sites for hydroxylation is 1. The van der Waals surface area contributed by atoms with Crippen molar-refractivity contribution in [3.63, 3.8) is 0 Å². The summed E-state index contributed by atoms with van der Waals surface area (Å²) >= 11 is 0. The molecule has 124 valence electrons. The molecule has 1 aliphatic carbocycles. The summed E-state index contributed by atoms with van der Waals surface area (Å²) in [6, 6.07) is 6.17. The zero-order valence-corrected chi connectivity index (χ0v) is 14.2. The molecule has 0 atom stereocenters. The van der Waals surface area contributed by atoms with Crippen molar-refractivity contribution in [3.8, 4) is 0 Å². The first-order chi connectivity index (χ1) is 11.2. The second kappa shape index (κ2) is 7.67. The molecule has 0 spiro atoms. The van der Waals surface area contributed by atoms with E-state index in [4.69, 9.17) is 0 Å². The van der Waals surface area contributed by atoms with Crippen LogP contribution in [-0.4, -0.2) is 17.4 Å². The van der Waals surface area contributed by atoms with Crippen LogP contribution < -0.4 is 5.32 Å². The molecule has 3 rings (SSSR count). The van der Waals surface area contributed by atoms with E-state index in [0.717, 1.165) is 35.3 Å². The molecule has 2 N–H and O–H groups in total. The molecule has 0 unspecified atom stereocenters. The van der Waals surface area contributed by atoms with Gasteiger partial charge in [0, 0.05) is 23.6 Å². The highest BCUT2D eigenvalue weighted by Crippen LogP contribution is 2.26. The third-order valence-electron chi connectivity index (χ3n) is 5.13. The first kappa shape index (κ1) is 16.1. The van der Waals surface area contributed by atoms with Crippen molar-refractivity contribution in [2.75, 3.05) is 6.54 Å². The van der Waals surface area contributed by atoms with E-state index in [0.29, 0.717) is 0 Å². The van der Waals surface area contributed by atoms with Gasteiger partial charge in [0.25, 0.3) is 5.91 Å². The number of hydrogen-bond acceptors (Lipinski definition) is 1. The van der Waals surface area contributed by atoms with Crippen molar-refractivity contribution >= 4 is 16.8 Å². The molecule has 1 aromatic heterocycles. The lowest BCUT2D eigenvalue weighted by atomic mass is 9.95. The number of benzene rings is 1. The molecule has 1 heterocycles. The molecule has 0 radical (unpaired) electrons. The fraction of sp³-hybridized carbons (Fsp3) is 0.550. The minimum absolute atomic E-state index is 0.0442.